The number of benzene rings is 1. The number of aryl methyl sites for hydroxylation is 1. The van der Waals surface area contributed by atoms with Gasteiger partial charge in [-0.2, -0.15) is 0 Å². The third-order valence-electron chi connectivity index (χ3n) is 2.79. The molecule has 2 N–H and O–H groups in total. The van der Waals surface area contributed by atoms with Crippen LogP contribution in [0, 0.1) is 6.92 Å². The van der Waals surface area contributed by atoms with E-state index in [-0.39, 0.29) is 11.9 Å². The van der Waals surface area contributed by atoms with Gasteiger partial charge in [0.05, 0.1) is 0 Å². The molecule has 2 aromatic rings. The highest BCUT2D eigenvalue weighted by molar-refractivity contribution is 5.90. The minimum atomic E-state index is -0.0766. The van der Waals surface area contributed by atoms with E-state index in [1.807, 2.05) is 38.1 Å². The zero-order valence-corrected chi connectivity index (χ0v) is 11.8. The van der Waals surface area contributed by atoms with E-state index >= 15 is 0 Å². The summed E-state index contributed by atoms with van der Waals surface area (Å²) in [7, 11) is 0. The predicted octanol–water partition coefficient (Wildman–Crippen LogP) is 2.90. The Hall–Kier alpha value is -2.37. The van der Waals surface area contributed by atoms with Crippen LogP contribution in [0.4, 0.5) is 11.4 Å². The van der Waals surface area contributed by atoms with Gasteiger partial charge in [0.1, 0.15) is 6.04 Å². The number of nitrogens with zero attached hydrogens (tertiary/aromatic N) is 2. The lowest BCUT2D eigenvalue weighted by Gasteiger charge is -2.12. The van der Waals surface area contributed by atoms with Crippen molar-refractivity contribution in [2.24, 2.45) is 0 Å². The molecule has 0 bridgehead atoms. The number of rotatable bonds is 5. The van der Waals surface area contributed by atoms with Gasteiger partial charge in [-0.15, -0.1) is 10.2 Å². The van der Waals surface area contributed by atoms with E-state index in [9.17, 15) is 4.79 Å². The first-order valence-electron chi connectivity index (χ1n) is 6.55. The van der Waals surface area contributed by atoms with Gasteiger partial charge in [-0.3, -0.25) is 4.79 Å². The molecule has 106 valence electrons. The Balaban J connectivity index is 1.98. The minimum Gasteiger partial charge on any atom is -0.423 e. The molecule has 1 amide bonds. The lowest BCUT2D eigenvalue weighted by molar-refractivity contribution is -0.115. The van der Waals surface area contributed by atoms with Crippen molar-refractivity contribution < 1.29 is 9.21 Å². The predicted molar refractivity (Wildman–Crippen MR) is 76.4 cm³/mol. The largest absolute Gasteiger partial charge is 0.423 e. The van der Waals surface area contributed by atoms with E-state index in [1.54, 1.807) is 6.92 Å². The van der Waals surface area contributed by atoms with Gasteiger partial charge in [0.25, 0.3) is 0 Å². The molecule has 6 nitrogen and oxygen atoms in total. The molecule has 20 heavy (non-hydrogen) atoms. The number of hydrogen-bond donors (Lipinski definition) is 2. The Bertz CT molecular complexity index is 577. The van der Waals surface area contributed by atoms with Gasteiger partial charge in [0.2, 0.25) is 17.7 Å². The smallest absolute Gasteiger partial charge is 0.238 e. The summed E-state index contributed by atoms with van der Waals surface area (Å²) in [4.78, 5) is 11.3. The molecule has 6 heteroatoms. The van der Waals surface area contributed by atoms with Crippen molar-refractivity contribution in [3.8, 4) is 0 Å². The summed E-state index contributed by atoms with van der Waals surface area (Å²) >= 11 is 0. The van der Waals surface area contributed by atoms with Crippen LogP contribution in [0.3, 0.4) is 0 Å². The van der Waals surface area contributed by atoms with Gasteiger partial charge in [-0.1, -0.05) is 6.92 Å². The number of amides is 1. The number of carbonyl (C=O) groups is 1. The summed E-state index contributed by atoms with van der Waals surface area (Å²) in [6.45, 7) is 5.52. The van der Waals surface area contributed by atoms with Crippen molar-refractivity contribution in [3.05, 3.63) is 36.0 Å². The van der Waals surface area contributed by atoms with E-state index in [2.05, 4.69) is 20.8 Å². The Morgan fingerprint density at radius 2 is 1.90 bits per heavy atom. The lowest BCUT2D eigenvalue weighted by atomic mass is 10.2. The van der Waals surface area contributed by atoms with Gasteiger partial charge in [0.15, 0.2) is 0 Å². The van der Waals surface area contributed by atoms with E-state index < -0.39 is 0 Å². The molecule has 0 saturated heterocycles. The Morgan fingerprint density at radius 1 is 1.25 bits per heavy atom. The van der Waals surface area contributed by atoms with Crippen LogP contribution in [-0.2, 0) is 4.79 Å². The van der Waals surface area contributed by atoms with Crippen LogP contribution in [0.15, 0.2) is 28.7 Å². The number of carbonyl (C=O) groups excluding carboxylic acids is 1. The van der Waals surface area contributed by atoms with Crippen molar-refractivity contribution in [1.29, 1.82) is 0 Å². The molecule has 0 saturated carbocycles. The number of anilines is 2. The van der Waals surface area contributed by atoms with E-state index in [1.165, 1.54) is 0 Å². The molecule has 1 atom stereocenters. The molecular weight excluding hydrogens is 256 g/mol. The summed E-state index contributed by atoms with van der Waals surface area (Å²) in [5.41, 5.74) is 1.70. The Morgan fingerprint density at radius 3 is 2.45 bits per heavy atom. The van der Waals surface area contributed by atoms with Crippen LogP contribution >= 0.6 is 0 Å². The van der Waals surface area contributed by atoms with Gasteiger partial charge >= 0.3 is 0 Å². The summed E-state index contributed by atoms with van der Waals surface area (Å²) in [5, 5.41) is 13.8. The standard InChI is InChI=1S/C14H18N4O2/c1-4-13(19)16-12-7-5-11(6-8-12)15-9(2)14-18-17-10(3)20-14/h5-9,15H,4H2,1-3H3,(H,16,19)/t9-/m0/s1. The quantitative estimate of drug-likeness (QED) is 0.876. The molecule has 1 heterocycles. The summed E-state index contributed by atoms with van der Waals surface area (Å²) in [5.74, 6) is 1.09. The molecule has 0 aliphatic heterocycles. The molecule has 0 fully saturated rings. The topological polar surface area (TPSA) is 80.0 Å². The summed E-state index contributed by atoms with van der Waals surface area (Å²) in [6, 6.07) is 7.41. The highest BCUT2D eigenvalue weighted by Gasteiger charge is 2.12. The van der Waals surface area contributed by atoms with E-state index in [0.29, 0.717) is 18.2 Å². The Kier molecular flexibility index (Phi) is 4.34. The summed E-state index contributed by atoms with van der Waals surface area (Å²) < 4.78 is 5.37. The van der Waals surface area contributed by atoms with Gasteiger partial charge in [-0.05, 0) is 31.2 Å². The zero-order chi connectivity index (χ0) is 14.5. The highest BCUT2D eigenvalue weighted by atomic mass is 16.4. The number of hydrogen-bond acceptors (Lipinski definition) is 5. The molecular formula is C14H18N4O2. The fraction of sp³-hybridized carbons (Fsp3) is 0.357. The molecule has 1 aromatic carbocycles. The highest BCUT2D eigenvalue weighted by Crippen LogP contribution is 2.20. The van der Waals surface area contributed by atoms with Crippen LogP contribution in [-0.4, -0.2) is 16.1 Å². The molecule has 0 aliphatic rings. The first-order valence-corrected chi connectivity index (χ1v) is 6.55. The van der Waals surface area contributed by atoms with Crippen molar-refractivity contribution in [1.82, 2.24) is 10.2 Å². The lowest BCUT2D eigenvalue weighted by Crippen LogP contribution is -2.10. The molecule has 2 rings (SSSR count). The van der Waals surface area contributed by atoms with Crippen molar-refractivity contribution >= 4 is 17.3 Å². The maximum absolute atomic E-state index is 11.3. The fourth-order valence-electron chi connectivity index (χ4n) is 1.70. The van der Waals surface area contributed by atoms with Gasteiger partial charge < -0.3 is 15.1 Å². The SMILES string of the molecule is CCC(=O)Nc1ccc(N[C@@H](C)c2nnc(C)o2)cc1. The fourth-order valence-corrected chi connectivity index (χ4v) is 1.70. The molecule has 0 radical (unpaired) electrons. The maximum Gasteiger partial charge on any atom is 0.238 e. The average Bonchev–Trinajstić information content (AvgIpc) is 2.87. The second kappa shape index (κ2) is 6.18. The van der Waals surface area contributed by atoms with Crippen molar-refractivity contribution in [2.45, 2.75) is 33.2 Å². The van der Waals surface area contributed by atoms with Crippen LogP contribution in [0.5, 0.6) is 0 Å². The van der Waals surface area contributed by atoms with Crippen LogP contribution in [0.1, 0.15) is 38.1 Å². The molecule has 0 spiro atoms. The molecule has 0 aliphatic carbocycles. The number of nitrogens with one attached hydrogen (secondary N) is 2. The first-order chi connectivity index (χ1) is 9.58. The minimum absolute atomic E-state index is 0.000382. The first kappa shape index (κ1) is 14.0. The van der Waals surface area contributed by atoms with Crippen LogP contribution < -0.4 is 10.6 Å². The summed E-state index contributed by atoms with van der Waals surface area (Å²) in [6.07, 6.45) is 0.466. The normalized spacial score (nSPS) is 11.9. The van der Waals surface area contributed by atoms with E-state index in [4.69, 9.17) is 4.42 Å². The second-order valence-electron chi connectivity index (χ2n) is 4.50. The average molecular weight is 274 g/mol. The maximum atomic E-state index is 11.3. The van der Waals surface area contributed by atoms with Crippen molar-refractivity contribution in [3.63, 3.8) is 0 Å². The third-order valence-corrected chi connectivity index (χ3v) is 2.79. The monoisotopic (exact) mass is 274 g/mol. The van der Waals surface area contributed by atoms with Crippen LogP contribution in [0.2, 0.25) is 0 Å². The van der Waals surface area contributed by atoms with Crippen LogP contribution in [0.25, 0.3) is 0 Å². The van der Waals surface area contributed by atoms with Gasteiger partial charge in [-0.25, -0.2) is 0 Å². The third kappa shape index (κ3) is 3.57. The molecule has 0 unspecified atom stereocenters. The van der Waals surface area contributed by atoms with Crippen molar-refractivity contribution in [2.75, 3.05) is 10.6 Å². The molecule has 1 aromatic heterocycles. The number of aromatic nitrogens is 2. The van der Waals surface area contributed by atoms with E-state index in [0.717, 1.165) is 11.4 Å². The Labute approximate surface area is 117 Å². The second-order valence-corrected chi connectivity index (χ2v) is 4.50. The van der Waals surface area contributed by atoms with Gasteiger partial charge in [0, 0.05) is 24.7 Å². The zero-order valence-electron chi connectivity index (χ0n) is 11.8.